The third kappa shape index (κ3) is 4.05. The SMILES string of the molecule is COC(=O)Cc1ccc2c(c1)NC(=O)c1ccc(-c3ccc(C(C)=O)c(OC)c3)cc1N2. The number of ketones is 1. The van der Waals surface area contributed by atoms with Crippen molar-refractivity contribution < 1.29 is 23.9 Å². The molecular weight excluding hydrogens is 408 g/mol. The van der Waals surface area contributed by atoms with Crippen LogP contribution in [0.4, 0.5) is 17.1 Å². The molecule has 1 aliphatic heterocycles. The van der Waals surface area contributed by atoms with Crippen LogP contribution in [-0.4, -0.2) is 31.9 Å². The average molecular weight is 430 g/mol. The van der Waals surface area contributed by atoms with Crippen molar-refractivity contribution in [3.05, 3.63) is 71.3 Å². The summed E-state index contributed by atoms with van der Waals surface area (Å²) >= 11 is 0. The van der Waals surface area contributed by atoms with E-state index in [0.717, 1.165) is 16.7 Å². The molecule has 7 nitrogen and oxygen atoms in total. The summed E-state index contributed by atoms with van der Waals surface area (Å²) in [6, 6.07) is 16.3. The molecule has 0 atom stereocenters. The van der Waals surface area contributed by atoms with E-state index in [4.69, 9.17) is 9.47 Å². The lowest BCUT2D eigenvalue weighted by Crippen LogP contribution is -2.11. The molecule has 4 rings (SSSR count). The van der Waals surface area contributed by atoms with Gasteiger partial charge in [0, 0.05) is 0 Å². The van der Waals surface area contributed by atoms with E-state index in [1.807, 2.05) is 36.4 Å². The van der Waals surface area contributed by atoms with Gasteiger partial charge in [0.05, 0.1) is 48.8 Å². The standard InChI is InChI=1S/C25H22N2O5/c1-14(28)18-7-5-17(13-23(18)31-2)16-6-8-19-21(12-16)26-20-9-4-15(11-24(29)32-3)10-22(20)27-25(19)30/h4-10,12-13,26H,11H2,1-3H3,(H,27,30). The van der Waals surface area contributed by atoms with Crippen molar-refractivity contribution in [2.75, 3.05) is 24.9 Å². The minimum absolute atomic E-state index is 0.0724. The molecule has 0 bridgehead atoms. The molecule has 2 N–H and O–H groups in total. The van der Waals surface area contributed by atoms with Gasteiger partial charge in [0.15, 0.2) is 5.78 Å². The van der Waals surface area contributed by atoms with Crippen molar-refractivity contribution in [3.63, 3.8) is 0 Å². The minimum atomic E-state index is -0.350. The number of carbonyl (C=O) groups excluding carboxylic acids is 3. The molecule has 0 spiro atoms. The Morgan fingerprint density at radius 1 is 0.844 bits per heavy atom. The van der Waals surface area contributed by atoms with E-state index in [-0.39, 0.29) is 24.1 Å². The van der Waals surface area contributed by atoms with Crippen LogP contribution in [-0.2, 0) is 16.0 Å². The zero-order valence-corrected chi connectivity index (χ0v) is 17.9. The van der Waals surface area contributed by atoms with Crippen molar-refractivity contribution in [3.8, 4) is 16.9 Å². The first-order chi connectivity index (χ1) is 15.4. The number of ether oxygens (including phenoxy) is 2. The second kappa shape index (κ2) is 8.55. The van der Waals surface area contributed by atoms with E-state index in [2.05, 4.69) is 10.6 Å². The lowest BCUT2D eigenvalue weighted by atomic mass is 9.99. The topological polar surface area (TPSA) is 93.7 Å². The number of hydrogen-bond donors (Lipinski definition) is 2. The fourth-order valence-corrected chi connectivity index (χ4v) is 3.67. The van der Waals surface area contributed by atoms with Gasteiger partial charge in [0.25, 0.3) is 5.91 Å². The van der Waals surface area contributed by atoms with Gasteiger partial charge in [-0.15, -0.1) is 0 Å². The molecule has 1 aliphatic rings. The van der Waals surface area contributed by atoms with Gasteiger partial charge in [-0.2, -0.15) is 0 Å². The summed E-state index contributed by atoms with van der Waals surface area (Å²) in [7, 11) is 2.87. The van der Waals surface area contributed by atoms with E-state index in [1.54, 1.807) is 18.2 Å². The number of amides is 1. The van der Waals surface area contributed by atoms with E-state index in [0.29, 0.717) is 33.9 Å². The number of rotatable bonds is 5. The maximum atomic E-state index is 12.8. The van der Waals surface area contributed by atoms with Gasteiger partial charge < -0.3 is 20.1 Å². The van der Waals surface area contributed by atoms with Gasteiger partial charge in [-0.25, -0.2) is 0 Å². The summed E-state index contributed by atoms with van der Waals surface area (Å²) in [5.41, 5.74) is 5.41. The number of anilines is 3. The molecule has 1 heterocycles. The smallest absolute Gasteiger partial charge is 0.309 e. The molecule has 0 aromatic heterocycles. The Kier molecular flexibility index (Phi) is 5.64. The second-order valence-electron chi connectivity index (χ2n) is 7.44. The number of methoxy groups -OCH3 is 2. The highest BCUT2D eigenvalue weighted by molar-refractivity contribution is 6.12. The van der Waals surface area contributed by atoms with Crippen LogP contribution >= 0.6 is 0 Å². The summed E-state index contributed by atoms with van der Waals surface area (Å²) in [6.45, 7) is 1.50. The summed E-state index contributed by atoms with van der Waals surface area (Å²) in [5.74, 6) is -0.175. The van der Waals surface area contributed by atoms with Crippen LogP contribution in [0.3, 0.4) is 0 Å². The predicted octanol–water partition coefficient (Wildman–Crippen LogP) is 4.59. The molecule has 0 fully saturated rings. The highest BCUT2D eigenvalue weighted by Gasteiger charge is 2.20. The van der Waals surface area contributed by atoms with Gasteiger partial charge >= 0.3 is 5.97 Å². The van der Waals surface area contributed by atoms with Crippen LogP contribution in [0.15, 0.2) is 54.6 Å². The Morgan fingerprint density at radius 3 is 2.31 bits per heavy atom. The number of benzene rings is 3. The normalized spacial score (nSPS) is 11.9. The Morgan fingerprint density at radius 2 is 1.59 bits per heavy atom. The van der Waals surface area contributed by atoms with Crippen molar-refractivity contribution in [1.29, 1.82) is 0 Å². The minimum Gasteiger partial charge on any atom is -0.496 e. The Balaban J connectivity index is 1.70. The molecule has 7 heteroatoms. The largest absolute Gasteiger partial charge is 0.496 e. The Hall–Kier alpha value is -4.13. The quantitative estimate of drug-likeness (QED) is 0.454. The van der Waals surface area contributed by atoms with Crippen molar-refractivity contribution >= 4 is 34.7 Å². The van der Waals surface area contributed by atoms with E-state index >= 15 is 0 Å². The summed E-state index contributed by atoms with van der Waals surface area (Å²) in [6.07, 6.45) is 0.120. The highest BCUT2D eigenvalue weighted by atomic mass is 16.5. The van der Waals surface area contributed by atoms with Crippen LogP contribution in [0.25, 0.3) is 11.1 Å². The monoisotopic (exact) mass is 430 g/mol. The number of esters is 1. The van der Waals surface area contributed by atoms with Gasteiger partial charge in [0.2, 0.25) is 0 Å². The molecule has 0 saturated carbocycles. The average Bonchev–Trinajstić information content (AvgIpc) is 2.93. The van der Waals surface area contributed by atoms with Crippen LogP contribution in [0.5, 0.6) is 5.75 Å². The fourth-order valence-electron chi connectivity index (χ4n) is 3.67. The van der Waals surface area contributed by atoms with Crippen molar-refractivity contribution in [2.24, 2.45) is 0 Å². The predicted molar refractivity (Wildman–Crippen MR) is 122 cm³/mol. The second-order valence-corrected chi connectivity index (χ2v) is 7.44. The fraction of sp³-hybridized carbons (Fsp3) is 0.160. The van der Waals surface area contributed by atoms with E-state index < -0.39 is 0 Å². The third-order valence-corrected chi connectivity index (χ3v) is 5.36. The first-order valence-corrected chi connectivity index (χ1v) is 10.0. The van der Waals surface area contributed by atoms with Crippen LogP contribution < -0.4 is 15.4 Å². The Bertz CT molecular complexity index is 1250. The Labute approximate surface area is 185 Å². The zero-order chi connectivity index (χ0) is 22.8. The van der Waals surface area contributed by atoms with Crippen LogP contribution in [0, 0.1) is 0 Å². The lowest BCUT2D eigenvalue weighted by molar-refractivity contribution is -0.139. The van der Waals surface area contributed by atoms with Crippen molar-refractivity contribution in [2.45, 2.75) is 13.3 Å². The molecule has 0 saturated heterocycles. The van der Waals surface area contributed by atoms with Gasteiger partial charge in [-0.1, -0.05) is 18.2 Å². The summed E-state index contributed by atoms with van der Waals surface area (Å²) < 4.78 is 10.1. The van der Waals surface area contributed by atoms with Gasteiger partial charge in [-0.3, -0.25) is 14.4 Å². The molecule has 0 radical (unpaired) electrons. The number of nitrogens with one attached hydrogen (secondary N) is 2. The molecule has 1 amide bonds. The number of fused-ring (bicyclic) bond motifs is 2. The molecule has 0 aliphatic carbocycles. The zero-order valence-electron chi connectivity index (χ0n) is 17.9. The molecule has 0 unspecified atom stereocenters. The van der Waals surface area contributed by atoms with Gasteiger partial charge in [-0.05, 0) is 60.0 Å². The molecule has 162 valence electrons. The first-order valence-electron chi connectivity index (χ1n) is 10.0. The maximum Gasteiger partial charge on any atom is 0.309 e. The van der Waals surface area contributed by atoms with Gasteiger partial charge in [0.1, 0.15) is 5.75 Å². The van der Waals surface area contributed by atoms with Crippen LogP contribution in [0.1, 0.15) is 33.2 Å². The molecular formula is C25H22N2O5. The summed E-state index contributed by atoms with van der Waals surface area (Å²) in [4.78, 5) is 36.2. The maximum absolute atomic E-state index is 12.8. The highest BCUT2D eigenvalue weighted by Crippen LogP contribution is 2.36. The molecule has 32 heavy (non-hydrogen) atoms. The van der Waals surface area contributed by atoms with Crippen molar-refractivity contribution in [1.82, 2.24) is 0 Å². The van der Waals surface area contributed by atoms with E-state index in [9.17, 15) is 14.4 Å². The summed E-state index contributed by atoms with van der Waals surface area (Å²) in [5, 5.41) is 6.21. The molecule has 3 aromatic rings. The lowest BCUT2D eigenvalue weighted by Gasteiger charge is -2.12. The van der Waals surface area contributed by atoms with Crippen LogP contribution in [0.2, 0.25) is 0 Å². The van der Waals surface area contributed by atoms with E-state index in [1.165, 1.54) is 21.1 Å². The number of hydrogen-bond acceptors (Lipinski definition) is 6. The first kappa shape index (κ1) is 21.1. The number of carbonyl (C=O) groups is 3. The third-order valence-electron chi connectivity index (χ3n) is 5.36. The number of Topliss-reactive ketones (excluding diaryl/α,β-unsaturated/α-hetero) is 1. The molecule has 3 aromatic carbocycles.